The summed E-state index contributed by atoms with van der Waals surface area (Å²) >= 11 is 0. The number of nitrogens with zero attached hydrogens (tertiary/aromatic N) is 1. The topological polar surface area (TPSA) is 72.6 Å². The average Bonchev–Trinajstić information content (AvgIpc) is 2.99. The van der Waals surface area contributed by atoms with Crippen molar-refractivity contribution in [2.45, 2.75) is 63.8 Å². The van der Waals surface area contributed by atoms with Crippen LogP contribution in [0.3, 0.4) is 0 Å². The summed E-state index contributed by atoms with van der Waals surface area (Å²) in [4.78, 5) is 27.0. The summed E-state index contributed by atoms with van der Waals surface area (Å²) in [6.45, 7) is 1.93. The van der Waals surface area contributed by atoms with Crippen molar-refractivity contribution in [2.75, 3.05) is 0 Å². The van der Waals surface area contributed by atoms with Gasteiger partial charge in [0, 0.05) is 6.04 Å². The van der Waals surface area contributed by atoms with Gasteiger partial charge in [-0.15, -0.1) is 0 Å². The highest BCUT2D eigenvalue weighted by atomic mass is 16.5. The first kappa shape index (κ1) is 17.0. The fourth-order valence-corrected chi connectivity index (χ4v) is 4.05. The second-order valence-electron chi connectivity index (χ2n) is 6.99. The fraction of sp³-hybridized carbons (Fsp3) is 0.579. The average molecular weight is 330 g/mol. The third kappa shape index (κ3) is 3.46. The molecule has 1 heterocycles. The Morgan fingerprint density at radius 3 is 2.67 bits per heavy atom. The molecular formula is C19H26N2O3. The molecule has 3 rings (SSSR count). The van der Waals surface area contributed by atoms with Crippen LogP contribution in [0.4, 0.5) is 0 Å². The number of esters is 1. The minimum absolute atomic E-state index is 0.133. The number of carbonyl (C=O) groups is 2. The van der Waals surface area contributed by atoms with E-state index in [-0.39, 0.29) is 24.5 Å². The summed E-state index contributed by atoms with van der Waals surface area (Å²) in [5.74, 6) is -0.0379. The van der Waals surface area contributed by atoms with Crippen molar-refractivity contribution in [2.24, 2.45) is 11.7 Å². The highest BCUT2D eigenvalue weighted by Gasteiger charge is 2.48. The molecule has 5 heteroatoms. The van der Waals surface area contributed by atoms with E-state index in [0.717, 1.165) is 24.8 Å². The standard InChI is InChI=1S/C19H26N2O3/c1-13(20)18(22)21-16-10-6-5-9-15(16)11-17(21)19(23)24-12-14-7-3-2-4-8-14/h2-4,7-8,13,15-17H,5-6,9-12,20H2,1H3/t13-,15-,16-,17-/m0/s1. The van der Waals surface area contributed by atoms with E-state index in [0.29, 0.717) is 12.3 Å². The van der Waals surface area contributed by atoms with Crippen LogP contribution in [0.2, 0.25) is 0 Å². The van der Waals surface area contributed by atoms with Gasteiger partial charge in [0.25, 0.3) is 0 Å². The summed E-state index contributed by atoms with van der Waals surface area (Å²) < 4.78 is 5.50. The smallest absolute Gasteiger partial charge is 0.329 e. The van der Waals surface area contributed by atoms with E-state index in [9.17, 15) is 9.59 Å². The first-order chi connectivity index (χ1) is 11.6. The van der Waals surface area contributed by atoms with E-state index >= 15 is 0 Å². The van der Waals surface area contributed by atoms with Crippen LogP contribution in [-0.4, -0.2) is 34.9 Å². The Bertz CT molecular complexity index is 588. The molecule has 2 N–H and O–H groups in total. The van der Waals surface area contributed by atoms with Gasteiger partial charge in [-0.1, -0.05) is 43.2 Å². The maximum absolute atomic E-state index is 12.6. The minimum atomic E-state index is -0.588. The van der Waals surface area contributed by atoms with Crippen LogP contribution >= 0.6 is 0 Å². The number of hydrogen-bond acceptors (Lipinski definition) is 4. The summed E-state index contributed by atoms with van der Waals surface area (Å²) in [7, 11) is 0. The minimum Gasteiger partial charge on any atom is -0.459 e. The van der Waals surface area contributed by atoms with Crippen molar-refractivity contribution in [3.63, 3.8) is 0 Å². The van der Waals surface area contributed by atoms with Crippen molar-refractivity contribution < 1.29 is 14.3 Å². The second-order valence-corrected chi connectivity index (χ2v) is 6.99. The number of nitrogens with two attached hydrogens (primary N) is 1. The van der Waals surface area contributed by atoms with Gasteiger partial charge in [0.1, 0.15) is 12.6 Å². The lowest BCUT2D eigenvalue weighted by Gasteiger charge is -2.34. The molecule has 0 radical (unpaired) electrons. The van der Waals surface area contributed by atoms with Crippen LogP contribution in [-0.2, 0) is 20.9 Å². The molecular weight excluding hydrogens is 304 g/mol. The molecule has 0 spiro atoms. The Hall–Kier alpha value is -1.88. The number of hydrogen-bond donors (Lipinski definition) is 1. The van der Waals surface area contributed by atoms with E-state index in [1.165, 1.54) is 6.42 Å². The summed E-state index contributed by atoms with van der Waals surface area (Å²) in [5.41, 5.74) is 6.77. The van der Waals surface area contributed by atoms with Crippen LogP contribution in [0.25, 0.3) is 0 Å². The third-order valence-electron chi connectivity index (χ3n) is 5.23. The molecule has 1 saturated carbocycles. The quantitative estimate of drug-likeness (QED) is 0.859. The fourth-order valence-electron chi connectivity index (χ4n) is 4.05. The predicted molar refractivity (Wildman–Crippen MR) is 90.9 cm³/mol. The van der Waals surface area contributed by atoms with E-state index < -0.39 is 12.1 Å². The van der Waals surface area contributed by atoms with E-state index in [1.807, 2.05) is 30.3 Å². The van der Waals surface area contributed by atoms with Gasteiger partial charge in [-0.05, 0) is 37.7 Å². The zero-order valence-electron chi connectivity index (χ0n) is 14.2. The molecule has 4 atom stereocenters. The second kappa shape index (κ2) is 7.34. The SMILES string of the molecule is C[C@H](N)C(=O)N1[C@H](C(=O)OCc2ccccc2)C[C@@H]2CCCC[C@@H]21. The molecule has 2 fully saturated rings. The van der Waals surface area contributed by atoms with Crippen molar-refractivity contribution in [3.05, 3.63) is 35.9 Å². The molecule has 5 nitrogen and oxygen atoms in total. The summed E-state index contributed by atoms with van der Waals surface area (Å²) in [6, 6.07) is 8.68. The highest BCUT2D eigenvalue weighted by molar-refractivity contribution is 5.88. The Kier molecular flexibility index (Phi) is 5.19. The largest absolute Gasteiger partial charge is 0.459 e. The van der Waals surface area contributed by atoms with Crippen LogP contribution < -0.4 is 5.73 Å². The maximum atomic E-state index is 12.6. The van der Waals surface area contributed by atoms with Crippen molar-refractivity contribution in [1.82, 2.24) is 4.90 Å². The predicted octanol–water partition coefficient (Wildman–Crippen LogP) is 2.24. The molecule has 1 saturated heterocycles. The highest BCUT2D eigenvalue weighted by Crippen LogP contribution is 2.40. The molecule has 1 aliphatic carbocycles. The molecule has 2 aliphatic rings. The third-order valence-corrected chi connectivity index (χ3v) is 5.23. The molecule has 0 aromatic heterocycles. The maximum Gasteiger partial charge on any atom is 0.329 e. The van der Waals surface area contributed by atoms with E-state index in [2.05, 4.69) is 0 Å². The van der Waals surface area contributed by atoms with Crippen LogP contribution in [0.15, 0.2) is 30.3 Å². The first-order valence-electron chi connectivity index (χ1n) is 8.86. The van der Waals surface area contributed by atoms with Crippen LogP contribution in [0.5, 0.6) is 0 Å². The normalized spacial score (nSPS) is 27.4. The van der Waals surface area contributed by atoms with Gasteiger partial charge in [0.15, 0.2) is 0 Å². The van der Waals surface area contributed by atoms with Gasteiger partial charge in [0.05, 0.1) is 6.04 Å². The lowest BCUT2D eigenvalue weighted by molar-refractivity contribution is -0.156. The zero-order valence-corrected chi connectivity index (χ0v) is 14.2. The van der Waals surface area contributed by atoms with Gasteiger partial charge < -0.3 is 15.4 Å². The van der Waals surface area contributed by atoms with Crippen molar-refractivity contribution in [1.29, 1.82) is 0 Å². The van der Waals surface area contributed by atoms with Crippen molar-refractivity contribution >= 4 is 11.9 Å². The first-order valence-corrected chi connectivity index (χ1v) is 8.86. The number of amides is 1. The number of rotatable bonds is 4. The number of fused-ring (bicyclic) bond motifs is 1. The molecule has 0 unspecified atom stereocenters. The van der Waals surface area contributed by atoms with Crippen LogP contribution in [0.1, 0.15) is 44.6 Å². The molecule has 1 aromatic rings. The van der Waals surface area contributed by atoms with E-state index in [4.69, 9.17) is 10.5 Å². The summed E-state index contributed by atoms with van der Waals surface area (Å²) in [6.07, 6.45) is 5.03. The van der Waals surface area contributed by atoms with Crippen LogP contribution in [0, 0.1) is 5.92 Å². The molecule has 1 aromatic carbocycles. The Balaban J connectivity index is 1.71. The number of ether oxygens (including phenoxy) is 1. The Morgan fingerprint density at radius 2 is 1.96 bits per heavy atom. The van der Waals surface area contributed by atoms with Gasteiger partial charge in [-0.2, -0.15) is 0 Å². The number of benzene rings is 1. The molecule has 0 bridgehead atoms. The van der Waals surface area contributed by atoms with E-state index in [1.54, 1.807) is 11.8 Å². The van der Waals surface area contributed by atoms with Gasteiger partial charge in [0.2, 0.25) is 5.91 Å². The molecule has 1 amide bonds. The Morgan fingerprint density at radius 1 is 1.25 bits per heavy atom. The van der Waals surface area contributed by atoms with Gasteiger partial charge in [-0.25, -0.2) is 4.79 Å². The van der Waals surface area contributed by atoms with Crippen molar-refractivity contribution in [3.8, 4) is 0 Å². The summed E-state index contributed by atoms with van der Waals surface area (Å²) in [5, 5.41) is 0. The lowest BCUT2D eigenvalue weighted by Crippen LogP contribution is -2.52. The lowest BCUT2D eigenvalue weighted by atomic mass is 9.84. The monoisotopic (exact) mass is 330 g/mol. The zero-order chi connectivity index (χ0) is 17.1. The Labute approximate surface area is 143 Å². The molecule has 130 valence electrons. The van der Waals surface area contributed by atoms with Gasteiger partial charge in [-0.3, -0.25) is 4.79 Å². The number of carbonyl (C=O) groups excluding carboxylic acids is 2. The number of likely N-dealkylation sites (tertiary alicyclic amines) is 1. The van der Waals surface area contributed by atoms with Gasteiger partial charge >= 0.3 is 5.97 Å². The molecule has 1 aliphatic heterocycles. The molecule has 24 heavy (non-hydrogen) atoms.